The van der Waals surface area contributed by atoms with Crippen LogP contribution in [0.15, 0.2) is 53.0 Å². The molecule has 1 aliphatic carbocycles. The third-order valence-corrected chi connectivity index (χ3v) is 3.96. The lowest BCUT2D eigenvalue weighted by Crippen LogP contribution is -2.08. The van der Waals surface area contributed by atoms with Gasteiger partial charge in [0.05, 0.1) is 5.69 Å². The Bertz CT molecular complexity index is 931. The van der Waals surface area contributed by atoms with Crippen molar-refractivity contribution in [3.63, 3.8) is 0 Å². The van der Waals surface area contributed by atoms with Gasteiger partial charge in [-0.3, -0.25) is 4.79 Å². The molecular weight excluding hydrogens is 288 g/mol. The van der Waals surface area contributed by atoms with Crippen molar-refractivity contribution in [1.29, 1.82) is 5.26 Å². The first kappa shape index (κ1) is 14.7. The van der Waals surface area contributed by atoms with Gasteiger partial charge in [-0.05, 0) is 37.1 Å². The normalized spacial score (nSPS) is 14.0. The monoisotopic (exact) mass is 302 g/mol. The first-order valence-electron chi connectivity index (χ1n) is 7.16. The Kier molecular flexibility index (Phi) is 3.55. The van der Waals surface area contributed by atoms with Crippen LogP contribution in [0.5, 0.6) is 0 Å². The first-order valence-corrected chi connectivity index (χ1v) is 7.16. The smallest absolute Gasteiger partial charge is 0.200 e. The standard InChI is InChI=1S/C19H14N2O2/c1-11-7-8-13(9-12(11)2)21-16(10-20)17-18(22)14-5-3-4-6-15(14)19(17)23/h3-9,22H,1-2H3. The fraction of sp³-hybridized carbons (Fsp3) is 0.105. The van der Waals surface area contributed by atoms with Gasteiger partial charge in [-0.1, -0.05) is 30.3 Å². The zero-order valence-electron chi connectivity index (χ0n) is 12.8. The molecule has 0 atom stereocenters. The number of aliphatic imine (C=N–C) groups is 1. The average molecular weight is 302 g/mol. The van der Waals surface area contributed by atoms with Crippen LogP contribution in [0.1, 0.15) is 27.0 Å². The number of ketones is 1. The maximum Gasteiger partial charge on any atom is 0.200 e. The van der Waals surface area contributed by atoms with E-state index in [4.69, 9.17) is 0 Å². The third kappa shape index (κ3) is 2.43. The van der Waals surface area contributed by atoms with Crippen LogP contribution in [-0.2, 0) is 0 Å². The maximum absolute atomic E-state index is 12.5. The number of carbonyl (C=O) groups is 1. The van der Waals surface area contributed by atoms with Crippen molar-refractivity contribution in [2.24, 2.45) is 4.99 Å². The summed E-state index contributed by atoms with van der Waals surface area (Å²) < 4.78 is 0. The SMILES string of the molecule is Cc1ccc(N=C(C#N)C2=C(O)c3ccccc3C2=O)cc1C. The molecule has 0 heterocycles. The van der Waals surface area contributed by atoms with Crippen molar-refractivity contribution >= 4 is 22.9 Å². The van der Waals surface area contributed by atoms with Gasteiger partial charge in [-0.25, -0.2) is 4.99 Å². The summed E-state index contributed by atoms with van der Waals surface area (Å²) in [6, 6.07) is 14.2. The van der Waals surface area contributed by atoms with Gasteiger partial charge in [0.2, 0.25) is 0 Å². The van der Waals surface area contributed by atoms with Crippen LogP contribution < -0.4 is 0 Å². The summed E-state index contributed by atoms with van der Waals surface area (Å²) in [4.78, 5) is 16.7. The highest BCUT2D eigenvalue weighted by Gasteiger charge is 2.32. The Morgan fingerprint density at radius 1 is 1.09 bits per heavy atom. The van der Waals surface area contributed by atoms with Crippen LogP contribution in [0.25, 0.3) is 5.76 Å². The molecular formula is C19H14N2O2. The van der Waals surface area contributed by atoms with Crippen molar-refractivity contribution in [3.05, 3.63) is 70.3 Å². The third-order valence-electron chi connectivity index (χ3n) is 3.96. The topological polar surface area (TPSA) is 73.4 Å². The number of aryl methyl sites for hydroxylation is 2. The zero-order chi connectivity index (χ0) is 16.6. The summed E-state index contributed by atoms with van der Waals surface area (Å²) in [5.41, 5.74) is 3.46. The number of rotatable bonds is 2. The molecule has 0 fully saturated rings. The van der Waals surface area contributed by atoms with E-state index in [2.05, 4.69) is 4.99 Å². The molecule has 0 aromatic heterocycles. The molecule has 2 aromatic rings. The Morgan fingerprint density at radius 2 is 1.78 bits per heavy atom. The highest BCUT2D eigenvalue weighted by atomic mass is 16.3. The fourth-order valence-electron chi connectivity index (χ4n) is 2.55. The van der Waals surface area contributed by atoms with E-state index in [0.29, 0.717) is 16.8 Å². The number of aliphatic hydroxyl groups excluding tert-OH is 1. The zero-order valence-corrected chi connectivity index (χ0v) is 12.8. The molecule has 0 unspecified atom stereocenters. The van der Waals surface area contributed by atoms with E-state index in [9.17, 15) is 15.2 Å². The quantitative estimate of drug-likeness (QED) is 0.850. The number of Topliss-reactive ketones (excluding diaryl/α,β-unsaturated/α-hetero) is 1. The van der Waals surface area contributed by atoms with Crippen molar-refractivity contribution in [1.82, 2.24) is 0 Å². The molecule has 23 heavy (non-hydrogen) atoms. The number of nitrogens with zero attached hydrogens (tertiary/aromatic N) is 2. The van der Waals surface area contributed by atoms with Gasteiger partial charge in [0.1, 0.15) is 17.4 Å². The van der Waals surface area contributed by atoms with Gasteiger partial charge >= 0.3 is 0 Å². The predicted molar refractivity (Wildman–Crippen MR) is 88.9 cm³/mol. The summed E-state index contributed by atoms with van der Waals surface area (Å²) >= 11 is 0. The minimum Gasteiger partial charge on any atom is -0.506 e. The Balaban J connectivity index is 2.11. The predicted octanol–water partition coefficient (Wildman–Crippen LogP) is 4.07. The summed E-state index contributed by atoms with van der Waals surface area (Å²) in [6.45, 7) is 3.94. The second-order valence-corrected chi connectivity index (χ2v) is 5.44. The molecule has 4 heteroatoms. The van der Waals surface area contributed by atoms with Gasteiger partial charge < -0.3 is 5.11 Å². The molecule has 0 spiro atoms. The number of allylic oxidation sites excluding steroid dienone is 1. The molecule has 4 nitrogen and oxygen atoms in total. The summed E-state index contributed by atoms with van der Waals surface area (Å²) in [6.07, 6.45) is 0. The van der Waals surface area contributed by atoms with Crippen molar-refractivity contribution < 1.29 is 9.90 Å². The van der Waals surface area contributed by atoms with Crippen molar-refractivity contribution in [2.45, 2.75) is 13.8 Å². The lowest BCUT2D eigenvalue weighted by molar-refractivity contribution is 0.104. The lowest BCUT2D eigenvalue weighted by Gasteiger charge is -2.03. The number of hydrogen-bond acceptors (Lipinski definition) is 4. The molecule has 0 bridgehead atoms. The van der Waals surface area contributed by atoms with Gasteiger partial charge in [0.25, 0.3) is 0 Å². The maximum atomic E-state index is 12.5. The summed E-state index contributed by atoms with van der Waals surface area (Å²) in [7, 11) is 0. The number of aliphatic hydroxyl groups is 1. The number of fused-ring (bicyclic) bond motifs is 1. The summed E-state index contributed by atoms with van der Waals surface area (Å²) in [5.74, 6) is -0.558. The second-order valence-electron chi connectivity index (χ2n) is 5.44. The van der Waals surface area contributed by atoms with Crippen molar-refractivity contribution in [2.75, 3.05) is 0 Å². The Morgan fingerprint density at radius 3 is 2.39 bits per heavy atom. The number of carbonyl (C=O) groups excluding carboxylic acids is 1. The molecule has 0 radical (unpaired) electrons. The van der Waals surface area contributed by atoms with E-state index in [0.717, 1.165) is 11.1 Å². The molecule has 3 rings (SSSR count). The second kappa shape index (κ2) is 5.54. The van der Waals surface area contributed by atoms with Crippen LogP contribution in [0.2, 0.25) is 0 Å². The minimum atomic E-state index is -0.373. The molecule has 112 valence electrons. The molecule has 0 saturated carbocycles. The summed E-state index contributed by atoms with van der Waals surface area (Å²) in [5, 5.41) is 19.7. The number of benzene rings is 2. The molecule has 0 saturated heterocycles. The van der Waals surface area contributed by atoms with Crippen molar-refractivity contribution in [3.8, 4) is 6.07 Å². The van der Waals surface area contributed by atoms with E-state index in [1.165, 1.54) is 0 Å². The molecule has 0 amide bonds. The van der Waals surface area contributed by atoms with Crippen LogP contribution >= 0.6 is 0 Å². The number of nitriles is 1. The van der Waals surface area contributed by atoms with E-state index in [1.54, 1.807) is 30.3 Å². The first-order chi connectivity index (χ1) is 11.0. The average Bonchev–Trinajstić information content (AvgIpc) is 2.81. The van der Waals surface area contributed by atoms with Gasteiger partial charge in [-0.15, -0.1) is 0 Å². The van der Waals surface area contributed by atoms with Crippen LogP contribution in [0.4, 0.5) is 5.69 Å². The largest absolute Gasteiger partial charge is 0.506 e. The molecule has 0 aliphatic heterocycles. The Hall–Kier alpha value is -3.19. The van der Waals surface area contributed by atoms with E-state index in [1.807, 2.05) is 32.0 Å². The minimum absolute atomic E-state index is 0.0353. The van der Waals surface area contributed by atoms with Gasteiger partial charge in [-0.2, -0.15) is 5.26 Å². The highest BCUT2D eigenvalue weighted by Crippen LogP contribution is 2.32. The molecule has 1 N–H and O–H groups in total. The van der Waals surface area contributed by atoms with E-state index < -0.39 is 0 Å². The molecule has 1 aliphatic rings. The fourth-order valence-corrected chi connectivity index (χ4v) is 2.55. The van der Waals surface area contributed by atoms with E-state index >= 15 is 0 Å². The van der Waals surface area contributed by atoms with Gasteiger partial charge in [0, 0.05) is 11.1 Å². The van der Waals surface area contributed by atoms with Crippen LogP contribution in [0.3, 0.4) is 0 Å². The van der Waals surface area contributed by atoms with Crippen LogP contribution in [-0.4, -0.2) is 16.6 Å². The van der Waals surface area contributed by atoms with Gasteiger partial charge in [0.15, 0.2) is 11.5 Å². The highest BCUT2D eigenvalue weighted by molar-refractivity contribution is 6.39. The lowest BCUT2D eigenvalue weighted by atomic mass is 10.1. The Labute approximate surface area is 134 Å². The van der Waals surface area contributed by atoms with E-state index in [-0.39, 0.29) is 22.8 Å². The molecule has 2 aromatic carbocycles. The number of hydrogen-bond donors (Lipinski definition) is 1. The van der Waals surface area contributed by atoms with Crippen LogP contribution in [0, 0.1) is 25.2 Å².